The summed E-state index contributed by atoms with van der Waals surface area (Å²) in [6, 6.07) is 1.75. The van der Waals surface area contributed by atoms with E-state index in [0.29, 0.717) is 4.90 Å². The van der Waals surface area contributed by atoms with E-state index in [-0.39, 0.29) is 6.04 Å². The first-order valence-electron chi connectivity index (χ1n) is 5.87. The molecule has 1 fully saturated rings. The van der Waals surface area contributed by atoms with Gasteiger partial charge in [-0.3, -0.25) is 0 Å². The number of nitrogens with one attached hydrogen (secondary N) is 1. The van der Waals surface area contributed by atoms with Crippen LogP contribution in [0.15, 0.2) is 14.7 Å². The molecule has 1 aromatic heterocycles. The molecule has 1 saturated heterocycles. The number of rotatable bonds is 3. The van der Waals surface area contributed by atoms with Crippen molar-refractivity contribution >= 4 is 37.3 Å². The quantitative estimate of drug-likeness (QED) is 0.906. The second kappa shape index (κ2) is 5.58. The summed E-state index contributed by atoms with van der Waals surface area (Å²) in [7, 11) is -1.70. The van der Waals surface area contributed by atoms with Gasteiger partial charge in [0.15, 0.2) is 0 Å². The molecule has 0 amide bonds. The van der Waals surface area contributed by atoms with E-state index < -0.39 is 10.0 Å². The maximum absolute atomic E-state index is 12.5. The van der Waals surface area contributed by atoms with Crippen LogP contribution in [0.5, 0.6) is 0 Å². The number of sulfonamides is 1. The number of likely N-dealkylation sites (N-methyl/N-ethyl adjacent to an activating group) is 1. The third-order valence-electron chi connectivity index (χ3n) is 3.28. The van der Waals surface area contributed by atoms with E-state index in [4.69, 9.17) is 0 Å². The van der Waals surface area contributed by atoms with Gasteiger partial charge in [0.2, 0.25) is 10.0 Å². The van der Waals surface area contributed by atoms with Crippen molar-refractivity contribution in [3.05, 3.63) is 14.7 Å². The number of piperidine rings is 1. The number of halogens is 1. The Morgan fingerprint density at radius 3 is 2.78 bits per heavy atom. The topological polar surface area (TPSA) is 49.4 Å². The summed E-state index contributed by atoms with van der Waals surface area (Å²) < 4.78 is 27.5. The van der Waals surface area contributed by atoms with E-state index in [1.165, 1.54) is 15.6 Å². The van der Waals surface area contributed by atoms with Gasteiger partial charge in [-0.2, -0.15) is 4.31 Å². The first-order valence-corrected chi connectivity index (χ1v) is 8.92. The molecule has 0 radical (unpaired) electrons. The fourth-order valence-corrected chi connectivity index (χ4v) is 5.95. The van der Waals surface area contributed by atoms with Gasteiger partial charge in [0.25, 0.3) is 0 Å². The van der Waals surface area contributed by atoms with Gasteiger partial charge in [-0.05, 0) is 48.3 Å². The lowest BCUT2D eigenvalue weighted by molar-refractivity contribution is 0.300. The van der Waals surface area contributed by atoms with Gasteiger partial charge in [-0.15, -0.1) is 11.3 Å². The molecule has 1 unspecified atom stereocenters. The molecule has 4 nitrogen and oxygen atoms in total. The number of thiophene rings is 1. The van der Waals surface area contributed by atoms with Crippen molar-refractivity contribution in [3.63, 3.8) is 0 Å². The average molecular weight is 353 g/mol. The average Bonchev–Trinajstić information content (AvgIpc) is 2.69. The molecule has 2 rings (SSSR count). The molecule has 0 aliphatic carbocycles. The molecule has 1 N–H and O–H groups in total. The van der Waals surface area contributed by atoms with Crippen LogP contribution in [-0.4, -0.2) is 38.9 Å². The van der Waals surface area contributed by atoms with Crippen LogP contribution in [0.25, 0.3) is 0 Å². The van der Waals surface area contributed by atoms with Crippen LogP contribution in [0.3, 0.4) is 0 Å². The van der Waals surface area contributed by atoms with Crippen LogP contribution in [0.1, 0.15) is 17.7 Å². The van der Waals surface area contributed by atoms with Crippen molar-refractivity contribution in [1.82, 2.24) is 9.62 Å². The fourth-order valence-electron chi connectivity index (χ4n) is 2.18. The van der Waals surface area contributed by atoms with Gasteiger partial charge in [-0.1, -0.05) is 0 Å². The van der Waals surface area contributed by atoms with E-state index in [1.54, 1.807) is 13.1 Å². The van der Waals surface area contributed by atoms with Crippen LogP contribution in [0.4, 0.5) is 0 Å². The first-order chi connectivity index (χ1) is 8.43. The molecule has 0 spiro atoms. The zero-order valence-corrected chi connectivity index (χ0v) is 13.7. The molecule has 0 bridgehead atoms. The van der Waals surface area contributed by atoms with Crippen LogP contribution < -0.4 is 5.32 Å². The van der Waals surface area contributed by atoms with Gasteiger partial charge >= 0.3 is 0 Å². The summed E-state index contributed by atoms with van der Waals surface area (Å²) in [6.45, 7) is 3.56. The van der Waals surface area contributed by atoms with E-state index in [0.717, 1.165) is 34.6 Å². The van der Waals surface area contributed by atoms with E-state index >= 15 is 0 Å². The lowest BCUT2D eigenvalue weighted by Crippen LogP contribution is -2.46. The van der Waals surface area contributed by atoms with Crippen molar-refractivity contribution in [2.24, 2.45) is 0 Å². The van der Waals surface area contributed by atoms with Gasteiger partial charge in [-0.25, -0.2) is 8.42 Å². The zero-order chi connectivity index (χ0) is 13.3. The minimum absolute atomic E-state index is 0.0572. The molecular formula is C11H17BrN2O2S2. The molecule has 1 aliphatic heterocycles. The number of nitrogens with zero attached hydrogens (tertiary/aromatic N) is 1. The molecule has 0 aromatic carbocycles. The van der Waals surface area contributed by atoms with Crippen LogP contribution in [0.2, 0.25) is 0 Å². The monoisotopic (exact) mass is 352 g/mol. The minimum Gasteiger partial charge on any atom is -0.315 e. The Morgan fingerprint density at radius 2 is 2.28 bits per heavy atom. The highest BCUT2D eigenvalue weighted by Crippen LogP contribution is 2.32. The smallest absolute Gasteiger partial charge is 0.244 e. The molecule has 0 saturated carbocycles. The Bertz CT molecular complexity index is 521. The van der Waals surface area contributed by atoms with Crippen molar-refractivity contribution in [1.29, 1.82) is 0 Å². The first kappa shape index (κ1) is 14.5. The maximum atomic E-state index is 12.5. The predicted octanol–water partition coefficient (Wildman–Crippen LogP) is 2.19. The SMILES string of the molecule is Cc1sc(Br)cc1S(=O)(=O)N(C)C1CCCNC1. The third kappa shape index (κ3) is 2.80. The Kier molecular flexibility index (Phi) is 4.48. The standard InChI is InChI=1S/C11H17BrN2O2S2/c1-8-10(6-11(12)17-8)18(15,16)14(2)9-4-3-5-13-7-9/h6,9,13H,3-5,7H2,1-2H3. The Morgan fingerprint density at radius 1 is 1.56 bits per heavy atom. The lowest BCUT2D eigenvalue weighted by Gasteiger charge is -2.30. The molecule has 1 aliphatic rings. The Hall–Kier alpha value is 0.0500. The summed E-state index contributed by atoms with van der Waals surface area (Å²) in [5.74, 6) is 0. The number of hydrogen-bond donors (Lipinski definition) is 1. The molecule has 1 aromatic rings. The second-order valence-electron chi connectivity index (χ2n) is 4.49. The maximum Gasteiger partial charge on any atom is 0.244 e. The summed E-state index contributed by atoms with van der Waals surface area (Å²) in [6.07, 6.45) is 1.95. The highest BCUT2D eigenvalue weighted by atomic mass is 79.9. The van der Waals surface area contributed by atoms with Crippen LogP contribution in [-0.2, 0) is 10.0 Å². The van der Waals surface area contributed by atoms with Crippen molar-refractivity contribution < 1.29 is 8.42 Å². The molecular weight excluding hydrogens is 336 g/mol. The summed E-state index contributed by atoms with van der Waals surface area (Å²) in [4.78, 5) is 1.25. The molecule has 102 valence electrons. The zero-order valence-electron chi connectivity index (χ0n) is 10.4. The Labute approximate surface area is 121 Å². The van der Waals surface area contributed by atoms with Crippen molar-refractivity contribution in [2.45, 2.75) is 30.7 Å². The molecule has 2 heterocycles. The third-order valence-corrected chi connectivity index (χ3v) is 7.00. The van der Waals surface area contributed by atoms with Crippen molar-refractivity contribution in [3.8, 4) is 0 Å². The summed E-state index contributed by atoms with van der Waals surface area (Å²) in [5.41, 5.74) is 0. The second-order valence-corrected chi connectivity index (χ2v) is 9.09. The largest absolute Gasteiger partial charge is 0.315 e. The van der Waals surface area contributed by atoms with Crippen LogP contribution in [0, 0.1) is 6.92 Å². The lowest BCUT2D eigenvalue weighted by atomic mass is 10.1. The van der Waals surface area contributed by atoms with E-state index in [9.17, 15) is 8.42 Å². The summed E-state index contributed by atoms with van der Waals surface area (Å²) in [5, 5.41) is 3.25. The van der Waals surface area contributed by atoms with Crippen molar-refractivity contribution in [2.75, 3.05) is 20.1 Å². The van der Waals surface area contributed by atoms with Gasteiger partial charge in [0.05, 0.1) is 8.68 Å². The minimum atomic E-state index is -3.37. The number of aryl methyl sites for hydroxylation is 1. The van der Waals surface area contributed by atoms with E-state index in [1.807, 2.05) is 6.92 Å². The van der Waals surface area contributed by atoms with Gasteiger partial charge in [0.1, 0.15) is 0 Å². The van der Waals surface area contributed by atoms with Crippen LogP contribution >= 0.6 is 27.3 Å². The predicted molar refractivity (Wildman–Crippen MR) is 77.6 cm³/mol. The normalized spacial score (nSPS) is 21.4. The number of hydrogen-bond acceptors (Lipinski definition) is 4. The molecule has 7 heteroatoms. The van der Waals surface area contributed by atoms with E-state index in [2.05, 4.69) is 21.2 Å². The summed E-state index contributed by atoms with van der Waals surface area (Å²) >= 11 is 4.80. The highest BCUT2D eigenvalue weighted by molar-refractivity contribution is 9.11. The van der Waals surface area contributed by atoms with Gasteiger partial charge < -0.3 is 5.32 Å². The van der Waals surface area contributed by atoms with Gasteiger partial charge in [0, 0.05) is 24.5 Å². The fraction of sp³-hybridized carbons (Fsp3) is 0.636. The highest BCUT2D eigenvalue weighted by Gasteiger charge is 2.30. The Balaban J connectivity index is 2.27. The molecule has 18 heavy (non-hydrogen) atoms. The molecule has 1 atom stereocenters.